The van der Waals surface area contributed by atoms with Crippen LogP contribution in [0.4, 0.5) is 0 Å². The third kappa shape index (κ3) is 5.45. The smallest absolute Gasteiger partial charge is 0.324 e. The van der Waals surface area contributed by atoms with Gasteiger partial charge in [-0.05, 0) is 12.1 Å². The second kappa shape index (κ2) is 6.28. The fourth-order valence-corrected chi connectivity index (χ4v) is 0.682. The zero-order chi connectivity index (χ0) is 11.1. The van der Waals surface area contributed by atoms with Crippen molar-refractivity contribution in [2.75, 3.05) is 0 Å². The molecule has 0 atom stereocenters. The molecule has 0 saturated carbocycles. The predicted octanol–water partition coefficient (Wildman–Crippen LogP) is -0.319. The van der Waals surface area contributed by atoms with E-state index in [1.54, 1.807) is 12.1 Å². The number of aromatic hydroxyl groups is 1. The lowest BCUT2D eigenvalue weighted by Crippen LogP contribution is -2.10. The first-order valence-electron chi connectivity index (χ1n) is 3.39. The molecule has 1 rings (SSSR count). The molecule has 0 aliphatic carbocycles. The maximum atomic E-state index is 10.5. The van der Waals surface area contributed by atoms with E-state index in [2.05, 4.69) is 0 Å². The fraction of sp³-hybridized carbons (Fsp3) is 0. The molecule has 0 aromatic heterocycles. The summed E-state index contributed by atoms with van der Waals surface area (Å²) in [6, 6.07) is 6.15. The average Bonchev–Trinajstić information content (AvgIpc) is 2.03. The Balaban J connectivity index is 0.000000364. The van der Waals surface area contributed by atoms with E-state index < -0.39 is 14.5 Å². The van der Waals surface area contributed by atoms with Crippen molar-refractivity contribution in [3.8, 4) is 5.75 Å². The van der Waals surface area contributed by atoms with Gasteiger partial charge >= 0.3 is 8.60 Å². The van der Waals surface area contributed by atoms with Gasteiger partial charge in [-0.3, -0.25) is 4.79 Å². The Morgan fingerprint density at radius 3 is 1.93 bits per heavy atom. The standard InChI is InChI=1S/C7H7NO2.H3O3P/c8-7(10)5-3-1-2-4-6(5)9;1-4(2)3/h1-4,9H,(H2,8,10);1-3H. The van der Waals surface area contributed by atoms with Crippen LogP contribution >= 0.6 is 8.60 Å². The van der Waals surface area contributed by atoms with Gasteiger partial charge in [-0.2, -0.15) is 0 Å². The number of phenols is 1. The summed E-state index contributed by atoms with van der Waals surface area (Å²) in [5.41, 5.74) is 5.07. The van der Waals surface area contributed by atoms with Crippen molar-refractivity contribution < 1.29 is 24.6 Å². The third-order valence-corrected chi connectivity index (χ3v) is 1.17. The highest BCUT2D eigenvalue weighted by Crippen LogP contribution is 2.13. The van der Waals surface area contributed by atoms with Crippen molar-refractivity contribution in [2.24, 2.45) is 5.73 Å². The van der Waals surface area contributed by atoms with Crippen LogP contribution in [-0.2, 0) is 0 Å². The number of para-hydroxylation sites is 1. The number of carbonyl (C=O) groups excluding carboxylic acids is 1. The van der Waals surface area contributed by atoms with Gasteiger partial charge in [0.2, 0.25) is 0 Å². The van der Waals surface area contributed by atoms with E-state index in [0.717, 1.165) is 0 Å². The van der Waals surface area contributed by atoms with E-state index in [4.69, 9.17) is 25.5 Å². The van der Waals surface area contributed by atoms with Gasteiger partial charge in [-0.25, -0.2) is 0 Å². The summed E-state index contributed by atoms with van der Waals surface area (Å²) < 4.78 is 0. The number of amides is 1. The van der Waals surface area contributed by atoms with Gasteiger partial charge in [0.1, 0.15) is 5.75 Å². The molecule has 7 heteroatoms. The van der Waals surface area contributed by atoms with Crippen LogP contribution in [0, 0.1) is 0 Å². The van der Waals surface area contributed by atoms with Crippen molar-refractivity contribution in [2.45, 2.75) is 0 Å². The molecule has 0 bridgehead atoms. The summed E-state index contributed by atoms with van der Waals surface area (Å²) in [5.74, 6) is -0.687. The van der Waals surface area contributed by atoms with Crippen molar-refractivity contribution in [1.82, 2.24) is 0 Å². The highest BCUT2D eigenvalue weighted by Gasteiger charge is 2.03. The summed E-state index contributed by atoms with van der Waals surface area (Å²) in [6.07, 6.45) is 0. The van der Waals surface area contributed by atoms with Crippen LogP contribution in [0.2, 0.25) is 0 Å². The molecule has 0 aliphatic rings. The number of benzene rings is 1. The zero-order valence-electron chi connectivity index (χ0n) is 7.03. The van der Waals surface area contributed by atoms with Crippen LogP contribution in [0.15, 0.2) is 24.3 Å². The van der Waals surface area contributed by atoms with Crippen molar-refractivity contribution in [3.63, 3.8) is 0 Å². The van der Waals surface area contributed by atoms with Crippen molar-refractivity contribution in [3.05, 3.63) is 29.8 Å². The monoisotopic (exact) mass is 219 g/mol. The first-order chi connectivity index (χ1) is 6.45. The summed E-state index contributed by atoms with van der Waals surface area (Å²) in [7, 11) is -2.62. The normalized spacial score (nSPS) is 9.14. The highest BCUT2D eigenvalue weighted by molar-refractivity contribution is 7.38. The number of hydrogen-bond acceptors (Lipinski definition) is 5. The van der Waals surface area contributed by atoms with Crippen molar-refractivity contribution >= 4 is 14.5 Å². The maximum Gasteiger partial charge on any atom is 0.324 e. The molecule has 0 spiro atoms. The first kappa shape index (κ1) is 12.8. The second-order valence-electron chi connectivity index (χ2n) is 2.15. The van der Waals surface area contributed by atoms with Gasteiger partial charge in [0.25, 0.3) is 5.91 Å². The number of carbonyl (C=O) groups is 1. The van der Waals surface area contributed by atoms with E-state index in [9.17, 15) is 4.79 Å². The minimum Gasteiger partial charge on any atom is -0.507 e. The zero-order valence-corrected chi connectivity index (χ0v) is 7.93. The lowest BCUT2D eigenvalue weighted by molar-refractivity contribution is 0.0997. The van der Waals surface area contributed by atoms with Gasteiger partial charge in [0.15, 0.2) is 0 Å². The Morgan fingerprint density at radius 1 is 1.21 bits per heavy atom. The third-order valence-electron chi connectivity index (χ3n) is 1.17. The molecule has 0 aliphatic heterocycles. The molecule has 0 fully saturated rings. The van der Waals surface area contributed by atoms with Gasteiger partial charge in [0, 0.05) is 0 Å². The second-order valence-corrected chi connectivity index (χ2v) is 2.69. The molecule has 6 nitrogen and oxygen atoms in total. The van der Waals surface area contributed by atoms with E-state index in [1.165, 1.54) is 12.1 Å². The van der Waals surface area contributed by atoms with E-state index in [0.29, 0.717) is 0 Å². The molecule has 1 aromatic rings. The molecule has 0 radical (unpaired) electrons. The lowest BCUT2D eigenvalue weighted by atomic mass is 10.2. The van der Waals surface area contributed by atoms with Gasteiger partial charge in [-0.1, -0.05) is 12.1 Å². The molecule has 1 aromatic carbocycles. The number of nitrogens with two attached hydrogens (primary N) is 1. The molecule has 0 heterocycles. The van der Waals surface area contributed by atoms with E-state index in [-0.39, 0.29) is 11.3 Å². The SMILES string of the molecule is NC(=O)c1ccccc1O.OP(O)O. The number of hydrogen-bond donors (Lipinski definition) is 5. The largest absolute Gasteiger partial charge is 0.507 e. The highest BCUT2D eigenvalue weighted by atomic mass is 31.2. The van der Waals surface area contributed by atoms with Crippen LogP contribution in [0.1, 0.15) is 10.4 Å². The molecule has 78 valence electrons. The minimum absolute atomic E-state index is 0.0741. The van der Waals surface area contributed by atoms with Crippen LogP contribution in [-0.4, -0.2) is 25.7 Å². The van der Waals surface area contributed by atoms with E-state index >= 15 is 0 Å². The Hall–Kier alpha value is -1.20. The lowest BCUT2D eigenvalue weighted by Gasteiger charge is -1.96. The van der Waals surface area contributed by atoms with Crippen LogP contribution in [0.3, 0.4) is 0 Å². The molecule has 6 N–H and O–H groups in total. The summed E-state index contributed by atoms with van der Waals surface area (Å²) in [4.78, 5) is 32.2. The molecule has 0 unspecified atom stereocenters. The predicted molar refractivity (Wildman–Crippen MR) is 50.2 cm³/mol. The Bertz CT molecular complexity index is 301. The Morgan fingerprint density at radius 2 is 1.64 bits per heavy atom. The summed E-state index contributed by atoms with van der Waals surface area (Å²) in [6.45, 7) is 0. The minimum atomic E-state index is -2.62. The fourth-order valence-electron chi connectivity index (χ4n) is 0.682. The van der Waals surface area contributed by atoms with Crippen molar-refractivity contribution in [1.29, 1.82) is 0 Å². The maximum absolute atomic E-state index is 10.5. The Kier molecular flexibility index (Phi) is 5.74. The number of primary amides is 1. The molecular weight excluding hydrogens is 209 g/mol. The van der Waals surface area contributed by atoms with Gasteiger partial charge in [0.05, 0.1) is 5.56 Å². The molecule has 0 saturated heterocycles. The average molecular weight is 219 g/mol. The molecular formula is C7H10NO5P. The Labute approximate surface area is 81.2 Å². The van der Waals surface area contributed by atoms with Gasteiger partial charge in [-0.15, -0.1) is 0 Å². The summed E-state index contributed by atoms with van der Waals surface area (Å²) in [5, 5.41) is 8.98. The molecule has 14 heavy (non-hydrogen) atoms. The summed E-state index contributed by atoms with van der Waals surface area (Å²) >= 11 is 0. The van der Waals surface area contributed by atoms with Crippen LogP contribution < -0.4 is 5.73 Å². The van der Waals surface area contributed by atoms with Gasteiger partial charge < -0.3 is 25.5 Å². The topological polar surface area (TPSA) is 124 Å². The first-order valence-corrected chi connectivity index (χ1v) is 4.59. The molecule has 1 amide bonds. The van der Waals surface area contributed by atoms with Crippen LogP contribution in [0.25, 0.3) is 0 Å². The van der Waals surface area contributed by atoms with E-state index in [1.807, 2.05) is 0 Å². The quantitative estimate of drug-likeness (QED) is 0.414. The number of rotatable bonds is 1. The van der Waals surface area contributed by atoms with Crippen LogP contribution in [0.5, 0.6) is 5.75 Å².